The van der Waals surface area contributed by atoms with E-state index in [2.05, 4.69) is 9.72 Å². The highest BCUT2D eigenvalue weighted by molar-refractivity contribution is 5.85. The molecular weight excluding hydrogens is 262 g/mol. The van der Waals surface area contributed by atoms with E-state index in [1.807, 2.05) is 18.2 Å². The molecule has 1 heterocycles. The number of carbonyl (C=O) groups excluding carboxylic acids is 2. The standard InChI is InChI=1S/C5H5N.C4H6O3.C2H4O2.ClH/c1-2-4-6-5-3-1;1-3(5)7-4(2)6;1-2(3)4;/h1-5H;1-2H3;1H3,(H,3,4);1H. The number of carboxylic acids is 1. The zero-order chi connectivity index (χ0) is 13.7. The van der Waals surface area contributed by atoms with Crippen LogP contribution in [0.3, 0.4) is 0 Å². The van der Waals surface area contributed by atoms with E-state index in [0.29, 0.717) is 0 Å². The van der Waals surface area contributed by atoms with E-state index in [1.54, 1.807) is 12.4 Å². The van der Waals surface area contributed by atoms with Gasteiger partial charge in [-0.1, -0.05) is 6.07 Å². The number of carbonyl (C=O) groups is 3. The van der Waals surface area contributed by atoms with Gasteiger partial charge in [-0.3, -0.25) is 19.4 Å². The third-order valence-electron chi connectivity index (χ3n) is 0.854. The van der Waals surface area contributed by atoms with Crippen molar-refractivity contribution in [1.29, 1.82) is 0 Å². The molecule has 0 fully saturated rings. The first kappa shape index (κ1) is 21.3. The summed E-state index contributed by atoms with van der Waals surface area (Å²) in [5, 5.41) is 7.42. The van der Waals surface area contributed by atoms with Crippen LogP contribution in [0.15, 0.2) is 30.6 Å². The summed E-state index contributed by atoms with van der Waals surface area (Å²) in [7, 11) is 0. The van der Waals surface area contributed by atoms with E-state index in [-0.39, 0.29) is 12.4 Å². The lowest BCUT2D eigenvalue weighted by Crippen LogP contribution is -2.03. The normalized spacial score (nSPS) is 7.06. The van der Waals surface area contributed by atoms with Crippen LogP contribution in [-0.2, 0) is 19.1 Å². The second-order valence-corrected chi connectivity index (χ2v) is 2.63. The Morgan fingerprint density at radius 1 is 0.944 bits per heavy atom. The largest absolute Gasteiger partial charge is 0.481 e. The van der Waals surface area contributed by atoms with Crippen LogP contribution in [0, 0.1) is 0 Å². The van der Waals surface area contributed by atoms with Gasteiger partial charge in [-0.25, -0.2) is 0 Å². The van der Waals surface area contributed by atoms with Crippen molar-refractivity contribution in [2.75, 3.05) is 0 Å². The summed E-state index contributed by atoms with van der Waals surface area (Å²) in [6.45, 7) is 3.45. The molecule has 0 bridgehead atoms. The van der Waals surface area contributed by atoms with Crippen molar-refractivity contribution >= 4 is 30.3 Å². The third-order valence-corrected chi connectivity index (χ3v) is 0.854. The van der Waals surface area contributed by atoms with Gasteiger partial charge in [0.1, 0.15) is 0 Å². The molecule has 0 unspecified atom stereocenters. The molecule has 0 saturated heterocycles. The fourth-order valence-corrected chi connectivity index (χ4v) is 0.515. The maximum atomic E-state index is 9.81. The minimum Gasteiger partial charge on any atom is -0.481 e. The summed E-state index contributed by atoms with van der Waals surface area (Å²) >= 11 is 0. The number of nitrogens with zero attached hydrogens (tertiary/aromatic N) is 1. The number of aliphatic carboxylic acids is 1. The first-order chi connectivity index (χ1) is 7.86. The van der Waals surface area contributed by atoms with Gasteiger partial charge >= 0.3 is 11.9 Å². The van der Waals surface area contributed by atoms with E-state index >= 15 is 0 Å². The second-order valence-electron chi connectivity index (χ2n) is 2.63. The number of rotatable bonds is 0. The second kappa shape index (κ2) is 15.0. The lowest BCUT2D eigenvalue weighted by molar-refractivity contribution is -0.156. The zero-order valence-corrected chi connectivity index (χ0v) is 11.1. The maximum absolute atomic E-state index is 9.81. The predicted molar refractivity (Wildman–Crippen MR) is 67.2 cm³/mol. The molecule has 1 aromatic heterocycles. The molecule has 1 aromatic rings. The Bertz CT molecular complexity index is 300. The molecular formula is C11H16ClNO5. The number of pyridine rings is 1. The maximum Gasteiger partial charge on any atom is 0.310 e. The van der Waals surface area contributed by atoms with Crippen LogP contribution in [0.4, 0.5) is 0 Å². The molecule has 7 heteroatoms. The third kappa shape index (κ3) is 36.9. The number of ether oxygens (including phenoxy) is 1. The fraction of sp³-hybridized carbons (Fsp3) is 0.273. The van der Waals surface area contributed by atoms with Crippen molar-refractivity contribution in [2.24, 2.45) is 0 Å². The van der Waals surface area contributed by atoms with Crippen LogP contribution in [0.2, 0.25) is 0 Å². The Morgan fingerprint density at radius 2 is 1.28 bits per heavy atom. The summed E-state index contributed by atoms with van der Waals surface area (Å²) in [5.74, 6) is -1.96. The van der Waals surface area contributed by atoms with Gasteiger partial charge in [-0.15, -0.1) is 12.4 Å². The number of halogens is 1. The fourth-order valence-electron chi connectivity index (χ4n) is 0.515. The molecule has 0 radical (unpaired) electrons. The van der Waals surface area contributed by atoms with Crippen molar-refractivity contribution in [3.8, 4) is 0 Å². The molecule has 0 aromatic carbocycles. The molecule has 6 nitrogen and oxygen atoms in total. The van der Waals surface area contributed by atoms with Gasteiger partial charge < -0.3 is 9.84 Å². The smallest absolute Gasteiger partial charge is 0.310 e. The Labute approximate surface area is 111 Å². The van der Waals surface area contributed by atoms with Gasteiger partial charge in [0.2, 0.25) is 0 Å². The number of hydrogen-bond acceptors (Lipinski definition) is 5. The van der Waals surface area contributed by atoms with E-state index in [4.69, 9.17) is 9.90 Å². The topological polar surface area (TPSA) is 93.6 Å². The number of aromatic nitrogens is 1. The molecule has 0 amide bonds. The van der Waals surface area contributed by atoms with E-state index in [0.717, 1.165) is 6.92 Å². The first-order valence-corrected chi connectivity index (χ1v) is 4.59. The zero-order valence-electron chi connectivity index (χ0n) is 10.3. The molecule has 0 aliphatic carbocycles. The number of carboxylic acid groups (broad SMARTS) is 1. The Balaban J connectivity index is -0.000000189. The predicted octanol–water partition coefficient (Wildman–Crippen LogP) is 1.69. The molecule has 0 spiro atoms. The van der Waals surface area contributed by atoms with Gasteiger partial charge in [0.05, 0.1) is 0 Å². The van der Waals surface area contributed by atoms with Gasteiger partial charge in [-0.05, 0) is 12.1 Å². The molecule has 102 valence electrons. The van der Waals surface area contributed by atoms with Gasteiger partial charge in [-0.2, -0.15) is 0 Å². The van der Waals surface area contributed by atoms with E-state index in [1.165, 1.54) is 13.8 Å². The van der Waals surface area contributed by atoms with Gasteiger partial charge in [0, 0.05) is 33.2 Å². The van der Waals surface area contributed by atoms with E-state index < -0.39 is 17.9 Å². The summed E-state index contributed by atoms with van der Waals surface area (Å²) < 4.78 is 3.97. The molecule has 1 N–H and O–H groups in total. The van der Waals surface area contributed by atoms with Crippen molar-refractivity contribution < 1.29 is 24.2 Å². The molecule has 0 saturated carbocycles. The monoisotopic (exact) mass is 277 g/mol. The molecule has 18 heavy (non-hydrogen) atoms. The summed E-state index contributed by atoms with van der Waals surface area (Å²) in [4.78, 5) is 32.4. The van der Waals surface area contributed by atoms with Crippen LogP contribution in [0.25, 0.3) is 0 Å². The minimum atomic E-state index is -0.833. The Morgan fingerprint density at radius 3 is 1.33 bits per heavy atom. The first-order valence-electron chi connectivity index (χ1n) is 4.59. The van der Waals surface area contributed by atoms with Crippen molar-refractivity contribution in [3.05, 3.63) is 30.6 Å². The van der Waals surface area contributed by atoms with Crippen molar-refractivity contribution in [2.45, 2.75) is 20.8 Å². The van der Waals surface area contributed by atoms with Gasteiger partial charge in [0.25, 0.3) is 5.97 Å². The van der Waals surface area contributed by atoms with E-state index in [9.17, 15) is 9.59 Å². The molecule has 0 aliphatic heterocycles. The van der Waals surface area contributed by atoms with Crippen LogP contribution in [0.5, 0.6) is 0 Å². The lowest BCUT2D eigenvalue weighted by Gasteiger charge is -1.87. The molecule has 0 atom stereocenters. The van der Waals surface area contributed by atoms with Crippen molar-refractivity contribution in [3.63, 3.8) is 0 Å². The quantitative estimate of drug-likeness (QED) is 0.573. The van der Waals surface area contributed by atoms with Crippen molar-refractivity contribution in [1.82, 2.24) is 4.98 Å². The highest BCUT2D eigenvalue weighted by atomic mass is 35.5. The highest BCUT2D eigenvalue weighted by Crippen LogP contribution is 1.74. The van der Waals surface area contributed by atoms with Gasteiger partial charge in [0.15, 0.2) is 0 Å². The molecule has 0 aliphatic rings. The molecule has 1 rings (SSSR count). The SMILES string of the molecule is CC(=O)O.CC(=O)OC(C)=O.Cl.c1ccncc1. The minimum absolute atomic E-state index is 0. The summed E-state index contributed by atoms with van der Waals surface area (Å²) in [5.41, 5.74) is 0. The van der Waals surface area contributed by atoms with Crippen LogP contribution < -0.4 is 0 Å². The van der Waals surface area contributed by atoms with Crippen LogP contribution in [0.1, 0.15) is 20.8 Å². The highest BCUT2D eigenvalue weighted by Gasteiger charge is 1.93. The van der Waals surface area contributed by atoms with Crippen LogP contribution in [-0.4, -0.2) is 28.0 Å². The summed E-state index contributed by atoms with van der Waals surface area (Å²) in [6.07, 6.45) is 3.50. The Kier molecular flexibility index (Phi) is 17.8. The average molecular weight is 278 g/mol. The lowest BCUT2D eigenvalue weighted by atomic mass is 10.5. The number of esters is 2. The number of hydrogen-bond donors (Lipinski definition) is 1. The van der Waals surface area contributed by atoms with Crippen LogP contribution >= 0.6 is 12.4 Å². The summed E-state index contributed by atoms with van der Waals surface area (Å²) in [6, 6.07) is 5.72. The Hall–Kier alpha value is -1.95. The average Bonchev–Trinajstić information content (AvgIpc) is 2.18.